The summed E-state index contributed by atoms with van der Waals surface area (Å²) >= 11 is 0. The van der Waals surface area contributed by atoms with E-state index < -0.39 is 0 Å². The fraction of sp³-hybridized carbons (Fsp3) is 0.333. The maximum absolute atomic E-state index is 6.28. The van der Waals surface area contributed by atoms with Gasteiger partial charge in [0.25, 0.3) is 0 Å². The first-order valence-electron chi connectivity index (χ1n) is 13.6. The number of anilines is 3. The Morgan fingerprint density at radius 1 is 0.947 bits per heavy atom. The highest BCUT2D eigenvalue weighted by molar-refractivity contribution is 5.68. The van der Waals surface area contributed by atoms with Crippen molar-refractivity contribution in [1.82, 2.24) is 30.3 Å². The molecule has 0 aliphatic heterocycles. The third kappa shape index (κ3) is 5.04. The Hall–Kier alpha value is -4.04. The normalized spacial score (nSPS) is 16.8. The van der Waals surface area contributed by atoms with Gasteiger partial charge in [-0.25, -0.2) is 0 Å². The lowest BCUT2D eigenvalue weighted by Gasteiger charge is -2.14. The third-order valence-electron chi connectivity index (χ3n) is 7.62. The standard InChI is InChI=1S/C30H34N8/c1-2-3-17-32-24-14-11-20-12-16-25(18-22(20)13-15-24)33-30-34-29(31)38(37-30)27-19-23-9-6-8-21-7-4-5-10-26(21)28(23)36-35-27/h2-5,7,10,12,16,18-19,24,32H,6,8-9,11,13-15,17H2,1H3,(H3,31,33,34,37). The zero-order valence-electron chi connectivity index (χ0n) is 21.8. The zero-order chi connectivity index (χ0) is 25.9. The van der Waals surface area contributed by atoms with E-state index in [9.17, 15) is 0 Å². The number of aryl methyl sites for hydroxylation is 4. The van der Waals surface area contributed by atoms with Crippen LogP contribution in [0.3, 0.4) is 0 Å². The summed E-state index contributed by atoms with van der Waals surface area (Å²) in [6, 6.07) is 17.6. The van der Waals surface area contributed by atoms with Crippen LogP contribution in [0.5, 0.6) is 0 Å². The van der Waals surface area contributed by atoms with Crippen molar-refractivity contribution in [3.8, 4) is 17.1 Å². The minimum absolute atomic E-state index is 0.278. The first kappa shape index (κ1) is 24.3. The van der Waals surface area contributed by atoms with E-state index in [1.165, 1.54) is 16.7 Å². The van der Waals surface area contributed by atoms with Crippen LogP contribution in [0.15, 0.2) is 60.7 Å². The summed E-state index contributed by atoms with van der Waals surface area (Å²) in [7, 11) is 0. The molecule has 0 radical (unpaired) electrons. The van der Waals surface area contributed by atoms with Crippen molar-refractivity contribution in [2.45, 2.75) is 57.9 Å². The van der Waals surface area contributed by atoms with Crippen LogP contribution in [0.25, 0.3) is 17.1 Å². The van der Waals surface area contributed by atoms with Gasteiger partial charge in [0.05, 0.1) is 5.69 Å². The van der Waals surface area contributed by atoms with E-state index in [1.807, 2.05) is 6.07 Å². The Morgan fingerprint density at radius 2 is 1.79 bits per heavy atom. The Bertz CT molecular complexity index is 1470. The van der Waals surface area contributed by atoms with Crippen LogP contribution in [0.1, 0.15) is 48.4 Å². The summed E-state index contributed by atoms with van der Waals surface area (Å²) in [5.74, 6) is 1.31. The van der Waals surface area contributed by atoms with Crippen LogP contribution in [0.4, 0.5) is 17.6 Å². The van der Waals surface area contributed by atoms with Crippen molar-refractivity contribution in [2.75, 3.05) is 17.6 Å². The van der Waals surface area contributed by atoms with Crippen LogP contribution in [0, 0.1) is 0 Å². The summed E-state index contributed by atoms with van der Waals surface area (Å²) in [5.41, 5.74) is 14.6. The SMILES string of the molecule is CC=CCNC1CCc2ccc(Nc3nc(N)n(-c4cc5c(nn4)-c4ccccc4CCC5)n3)cc2CC1. The molecular formula is C30H34N8. The van der Waals surface area contributed by atoms with Gasteiger partial charge in [0, 0.05) is 23.8 Å². The lowest BCUT2D eigenvalue weighted by molar-refractivity contribution is 0.485. The van der Waals surface area contributed by atoms with Gasteiger partial charge in [-0.15, -0.1) is 15.3 Å². The Kier molecular flexibility index (Phi) is 6.88. The lowest BCUT2D eigenvalue weighted by atomic mass is 10.0. The molecule has 8 heteroatoms. The van der Waals surface area contributed by atoms with E-state index in [2.05, 4.69) is 92.5 Å². The maximum Gasteiger partial charge on any atom is 0.248 e. The highest BCUT2D eigenvalue weighted by atomic mass is 15.4. The molecule has 4 N–H and O–H groups in total. The first-order valence-corrected chi connectivity index (χ1v) is 13.6. The van der Waals surface area contributed by atoms with Gasteiger partial charge in [0.15, 0.2) is 5.82 Å². The molecule has 38 heavy (non-hydrogen) atoms. The minimum atomic E-state index is 0.278. The zero-order valence-corrected chi connectivity index (χ0v) is 21.8. The molecule has 0 amide bonds. The summed E-state index contributed by atoms with van der Waals surface area (Å²) in [4.78, 5) is 4.47. The summed E-state index contributed by atoms with van der Waals surface area (Å²) in [6.07, 6.45) is 11.7. The highest BCUT2D eigenvalue weighted by Crippen LogP contribution is 2.31. The molecule has 0 saturated carbocycles. The van der Waals surface area contributed by atoms with E-state index in [-0.39, 0.29) is 5.95 Å². The molecule has 0 bridgehead atoms. The minimum Gasteiger partial charge on any atom is -0.368 e. The molecule has 1 atom stereocenters. The molecule has 0 fully saturated rings. The molecule has 2 aliphatic carbocycles. The molecule has 2 heterocycles. The summed E-state index contributed by atoms with van der Waals surface area (Å²) in [6.45, 7) is 2.99. The number of aromatic nitrogens is 5. The van der Waals surface area contributed by atoms with Gasteiger partial charge < -0.3 is 16.4 Å². The molecule has 6 rings (SSSR count). The molecular weight excluding hydrogens is 472 g/mol. The van der Waals surface area contributed by atoms with Gasteiger partial charge in [0.1, 0.15) is 0 Å². The fourth-order valence-electron chi connectivity index (χ4n) is 5.59. The van der Waals surface area contributed by atoms with Crippen LogP contribution in [-0.4, -0.2) is 37.5 Å². The molecule has 0 spiro atoms. The summed E-state index contributed by atoms with van der Waals surface area (Å²) < 4.78 is 1.57. The molecule has 4 aromatic rings. The van der Waals surface area contributed by atoms with Crippen LogP contribution in [0.2, 0.25) is 0 Å². The number of benzene rings is 2. The molecule has 1 unspecified atom stereocenters. The third-order valence-corrected chi connectivity index (χ3v) is 7.62. The van der Waals surface area contributed by atoms with E-state index in [0.717, 1.165) is 74.0 Å². The van der Waals surface area contributed by atoms with Crippen molar-refractivity contribution in [1.29, 1.82) is 0 Å². The van der Waals surface area contributed by atoms with Crippen molar-refractivity contribution in [3.63, 3.8) is 0 Å². The second-order valence-corrected chi connectivity index (χ2v) is 10.2. The van der Waals surface area contributed by atoms with E-state index in [0.29, 0.717) is 17.8 Å². The first-order chi connectivity index (χ1) is 18.7. The van der Waals surface area contributed by atoms with E-state index in [1.54, 1.807) is 4.68 Å². The van der Waals surface area contributed by atoms with E-state index >= 15 is 0 Å². The second kappa shape index (κ2) is 10.8. The number of hydrogen-bond donors (Lipinski definition) is 3. The van der Waals surface area contributed by atoms with Gasteiger partial charge >= 0.3 is 0 Å². The van der Waals surface area contributed by atoms with Crippen LogP contribution >= 0.6 is 0 Å². The molecule has 2 aromatic heterocycles. The number of fused-ring (bicyclic) bond motifs is 4. The average Bonchev–Trinajstić information content (AvgIpc) is 3.08. The van der Waals surface area contributed by atoms with Gasteiger partial charge in [-0.1, -0.05) is 42.5 Å². The average molecular weight is 507 g/mol. The fourth-order valence-corrected chi connectivity index (χ4v) is 5.59. The predicted octanol–water partition coefficient (Wildman–Crippen LogP) is 4.95. The van der Waals surface area contributed by atoms with Crippen molar-refractivity contribution in [3.05, 3.63) is 82.9 Å². The maximum atomic E-state index is 6.28. The predicted molar refractivity (Wildman–Crippen MR) is 152 cm³/mol. The number of nitrogens with one attached hydrogen (secondary N) is 2. The summed E-state index contributed by atoms with van der Waals surface area (Å²) in [5, 5.41) is 20.7. The Balaban J connectivity index is 1.19. The van der Waals surface area contributed by atoms with Crippen molar-refractivity contribution in [2.24, 2.45) is 0 Å². The van der Waals surface area contributed by atoms with Gasteiger partial charge in [-0.2, -0.15) is 9.67 Å². The lowest BCUT2D eigenvalue weighted by Crippen LogP contribution is -2.29. The highest BCUT2D eigenvalue weighted by Gasteiger charge is 2.20. The number of nitrogens with zero attached hydrogens (tertiary/aromatic N) is 5. The van der Waals surface area contributed by atoms with E-state index in [4.69, 9.17) is 5.73 Å². The number of allylic oxidation sites excluding steroid dienone is 1. The van der Waals surface area contributed by atoms with Crippen LogP contribution in [-0.2, 0) is 25.7 Å². The largest absolute Gasteiger partial charge is 0.368 e. The van der Waals surface area contributed by atoms with Crippen LogP contribution < -0.4 is 16.4 Å². The molecule has 194 valence electrons. The monoisotopic (exact) mass is 506 g/mol. The van der Waals surface area contributed by atoms with Crippen molar-refractivity contribution >= 4 is 17.6 Å². The Morgan fingerprint density at radius 3 is 2.68 bits per heavy atom. The number of hydrogen-bond acceptors (Lipinski definition) is 7. The number of nitrogens with two attached hydrogens (primary N) is 1. The molecule has 2 aliphatic rings. The topological polar surface area (TPSA) is 107 Å². The van der Waals surface area contributed by atoms with Gasteiger partial charge in [-0.3, -0.25) is 0 Å². The molecule has 2 aromatic carbocycles. The molecule has 8 nitrogen and oxygen atoms in total. The van der Waals surface area contributed by atoms with Gasteiger partial charge in [0.2, 0.25) is 11.9 Å². The smallest absolute Gasteiger partial charge is 0.248 e. The number of rotatable bonds is 6. The van der Waals surface area contributed by atoms with Gasteiger partial charge in [-0.05, 0) is 92.3 Å². The molecule has 0 saturated heterocycles. The number of nitrogen functional groups attached to an aromatic ring is 1. The second-order valence-electron chi connectivity index (χ2n) is 10.2. The quantitative estimate of drug-likeness (QED) is 0.251. The van der Waals surface area contributed by atoms with Crippen molar-refractivity contribution < 1.29 is 0 Å². The Labute approximate surface area is 223 Å².